The van der Waals surface area contributed by atoms with E-state index in [1.54, 1.807) is 0 Å². The minimum Gasteiger partial charge on any atom is -0.504 e. The van der Waals surface area contributed by atoms with Crippen molar-refractivity contribution in [3.63, 3.8) is 0 Å². The first-order chi connectivity index (χ1) is 10.2. The minimum absolute atomic E-state index is 0.238. The predicted molar refractivity (Wildman–Crippen MR) is 73.4 cm³/mol. The first-order valence-corrected chi connectivity index (χ1v) is 6.23. The molecule has 1 aromatic rings. The van der Waals surface area contributed by atoms with Crippen LogP contribution in [0.5, 0.6) is 11.5 Å². The zero-order valence-electron chi connectivity index (χ0n) is 11.6. The van der Waals surface area contributed by atoms with E-state index in [0.717, 1.165) is 0 Å². The third kappa shape index (κ3) is 4.35. The first kappa shape index (κ1) is 17.2. The van der Waals surface area contributed by atoms with E-state index in [9.17, 15) is 29.7 Å². The molecular weight excluding hydrogens is 296 g/mol. The zero-order valence-corrected chi connectivity index (χ0v) is 11.6. The molecule has 0 fully saturated rings. The van der Waals surface area contributed by atoms with Gasteiger partial charge in [-0.05, 0) is 19.1 Å². The van der Waals surface area contributed by atoms with Crippen molar-refractivity contribution in [1.82, 2.24) is 10.6 Å². The summed E-state index contributed by atoms with van der Waals surface area (Å²) in [6, 6.07) is 2.24. The molecule has 2 amide bonds. The van der Waals surface area contributed by atoms with Gasteiger partial charge in [0.1, 0.15) is 0 Å². The molecule has 0 spiro atoms. The van der Waals surface area contributed by atoms with Gasteiger partial charge < -0.3 is 31.1 Å². The number of nitrogens with one attached hydrogen (secondary N) is 2. The molecule has 6 N–H and O–H groups in total. The average molecular weight is 312 g/mol. The summed E-state index contributed by atoms with van der Waals surface area (Å²) in [6.45, 7) is 0.632. The highest BCUT2D eigenvalue weighted by Crippen LogP contribution is 2.27. The Hall–Kier alpha value is -2.81. The number of aliphatic carboxylic acids is 1. The van der Waals surface area contributed by atoms with Crippen molar-refractivity contribution in [2.75, 3.05) is 6.54 Å². The van der Waals surface area contributed by atoms with Gasteiger partial charge in [0.15, 0.2) is 17.5 Å². The molecule has 0 aliphatic heterocycles. The SMILES string of the molecule is CC(O)C(NC(=O)CNC(=O)c1cccc(O)c1O)C(=O)O. The molecule has 2 atom stereocenters. The van der Waals surface area contributed by atoms with Gasteiger partial charge in [0, 0.05) is 0 Å². The second-order valence-corrected chi connectivity index (χ2v) is 4.48. The Morgan fingerprint density at radius 3 is 2.41 bits per heavy atom. The number of amides is 2. The van der Waals surface area contributed by atoms with E-state index in [-0.39, 0.29) is 5.56 Å². The summed E-state index contributed by atoms with van der Waals surface area (Å²) in [4.78, 5) is 34.1. The lowest BCUT2D eigenvalue weighted by molar-refractivity contribution is -0.144. The molecule has 0 aromatic heterocycles. The molecule has 0 bridgehead atoms. The number of para-hydroxylation sites is 1. The maximum atomic E-state index is 11.7. The number of hydrogen-bond donors (Lipinski definition) is 6. The smallest absolute Gasteiger partial charge is 0.328 e. The Kier molecular flexibility index (Phi) is 5.70. The number of hydrogen-bond acceptors (Lipinski definition) is 6. The average Bonchev–Trinajstić information content (AvgIpc) is 2.44. The summed E-state index contributed by atoms with van der Waals surface area (Å²) >= 11 is 0. The van der Waals surface area contributed by atoms with Gasteiger partial charge in [-0.3, -0.25) is 9.59 Å². The van der Waals surface area contributed by atoms with E-state index < -0.39 is 48.0 Å². The van der Waals surface area contributed by atoms with Crippen molar-refractivity contribution >= 4 is 17.8 Å². The highest BCUT2D eigenvalue weighted by atomic mass is 16.4. The molecule has 0 heterocycles. The predicted octanol–water partition coefficient (Wildman–Crippen LogP) is -1.22. The van der Waals surface area contributed by atoms with E-state index in [4.69, 9.17) is 5.11 Å². The second-order valence-electron chi connectivity index (χ2n) is 4.48. The fraction of sp³-hybridized carbons (Fsp3) is 0.308. The van der Waals surface area contributed by atoms with Crippen LogP contribution in [0.1, 0.15) is 17.3 Å². The number of benzene rings is 1. The van der Waals surface area contributed by atoms with Crippen LogP contribution in [0.2, 0.25) is 0 Å². The van der Waals surface area contributed by atoms with Crippen molar-refractivity contribution in [3.8, 4) is 11.5 Å². The molecule has 0 saturated carbocycles. The number of carboxylic acid groups (broad SMARTS) is 1. The zero-order chi connectivity index (χ0) is 16.9. The molecule has 1 rings (SSSR count). The van der Waals surface area contributed by atoms with Gasteiger partial charge in [0.25, 0.3) is 5.91 Å². The van der Waals surface area contributed by atoms with Gasteiger partial charge in [0.2, 0.25) is 5.91 Å². The molecule has 2 unspecified atom stereocenters. The topological polar surface area (TPSA) is 156 Å². The number of carbonyl (C=O) groups is 3. The molecule has 0 radical (unpaired) electrons. The number of aliphatic hydroxyl groups is 1. The Labute approximate surface area is 125 Å². The summed E-state index contributed by atoms with van der Waals surface area (Å²) in [6.07, 6.45) is -1.31. The summed E-state index contributed by atoms with van der Waals surface area (Å²) in [5, 5.41) is 41.0. The number of carboxylic acids is 1. The number of phenols is 2. The van der Waals surface area contributed by atoms with Gasteiger partial charge in [0.05, 0.1) is 18.2 Å². The van der Waals surface area contributed by atoms with Gasteiger partial charge in [-0.15, -0.1) is 0 Å². The van der Waals surface area contributed by atoms with E-state index in [0.29, 0.717) is 0 Å². The molecule has 0 saturated heterocycles. The summed E-state index contributed by atoms with van der Waals surface area (Å²) < 4.78 is 0. The van der Waals surface area contributed by atoms with Crippen LogP contribution in [0, 0.1) is 0 Å². The highest BCUT2D eigenvalue weighted by molar-refractivity contribution is 5.99. The van der Waals surface area contributed by atoms with Gasteiger partial charge >= 0.3 is 5.97 Å². The Morgan fingerprint density at radius 2 is 1.86 bits per heavy atom. The number of rotatable bonds is 6. The van der Waals surface area contributed by atoms with E-state index in [2.05, 4.69) is 5.32 Å². The van der Waals surface area contributed by atoms with Crippen LogP contribution in [0.3, 0.4) is 0 Å². The number of aliphatic hydroxyl groups excluding tert-OH is 1. The Bertz CT molecular complexity index is 586. The summed E-state index contributed by atoms with van der Waals surface area (Å²) in [5.41, 5.74) is -0.238. The lowest BCUT2D eigenvalue weighted by Crippen LogP contribution is -2.50. The van der Waals surface area contributed by atoms with Gasteiger partial charge in [-0.1, -0.05) is 6.07 Å². The molecule has 22 heavy (non-hydrogen) atoms. The summed E-state index contributed by atoms with van der Waals surface area (Å²) in [5.74, 6) is -4.20. The fourth-order valence-corrected chi connectivity index (χ4v) is 1.58. The van der Waals surface area contributed by atoms with E-state index in [1.165, 1.54) is 25.1 Å². The van der Waals surface area contributed by atoms with Gasteiger partial charge in [-0.2, -0.15) is 0 Å². The standard InChI is InChI=1S/C13H16N2O7/c1-6(16)10(13(21)22)15-9(18)5-14-12(20)7-3-2-4-8(17)11(7)19/h2-4,6,10,16-17,19H,5H2,1H3,(H,14,20)(H,15,18)(H,21,22). The van der Waals surface area contributed by atoms with Crippen molar-refractivity contribution in [2.45, 2.75) is 19.1 Å². The molecule has 9 heteroatoms. The molecule has 0 aliphatic carbocycles. The second kappa shape index (κ2) is 7.27. The van der Waals surface area contributed by atoms with Crippen LogP contribution in [0.15, 0.2) is 18.2 Å². The van der Waals surface area contributed by atoms with Gasteiger partial charge in [-0.25, -0.2) is 4.79 Å². The van der Waals surface area contributed by atoms with E-state index in [1.807, 2.05) is 5.32 Å². The Morgan fingerprint density at radius 1 is 1.23 bits per heavy atom. The van der Waals surface area contributed by atoms with Crippen LogP contribution in [-0.4, -0.2) is 56.9 Å². The minimum atomic E-state index is -1.50. The first-order valence-electron chi connectivity index (χ1n) is 6.23. The van der Waals surface area contributed by atoms with Crippen molar-refractivity contribution in [3.05, 3.63) is 23.8 Å². The largest absolute Gasteiger partial charge is 0.504 e. The van der Waals surface area contributed by atoms with Crippen LogP contribution >= 0.6 is 0 Å². The van der Waals surface area contributed by atoms with Crippen molar-refractivity contribution < 1.29 is 34.8 Å². The third-order valence-corrected chi connectivity index (χ3v) is 2.73. The monoisotopic (exact) mass is 312 g/mol. The molecule has 0 aliphatic rings. The summed E-state index contributed by atoms with van der Waals surface area (Å²) in [7, 11) is 0. The molecule has 9 nitrogen and oxygen atoms in total. The van der Waals surface area contributed by atoms with Crippen molar-refractivity contribution in [2.24, 2.45) is 0 Å². The van der Waals surface area contributed by atoms with Crippen molar-refractivity contribution in [1.29, 1.82) is 0 Å². The molecule has 120 valence electrons. The van der Waals surface area contributed by atoms with E-state index >= 15 is 0 Å². The maximum absolute atomic E-state index is 11.7. The Balaban J connectivity index is 2.62. The van der Waals surface area contributed by atoms with Crippen LogP contribution in [0.25, 0.3) is 0 Å². The highest BCUT2D eigenvalue weighted by Gasteiger charge is 2.25. The molecule has 1 aromatic carbocycles. The van der Waals surface area contributed by atoms with Crippen LogP contribution in [0.4, 0.5) is 0 Å². The lowest BCUT2D eigenvalue weighted by atomic mass is 10.1. The normalized spacial score (nSPS) is 13.0. The number of phenolic OH excluding ortho intramolecular Hbond substituents is 2. The number of aromatic hydroxyl groups is 2. The molecular formula is C13H16N2O7. The van der Waals surface area contributed by atoms with Crippen LogP contribution < -0.4 is 10.6 Å². The maximum Gasteiger partial charge on any atom is 0.328 e. The fourth-order valence-electron chi connectivity index (χ4n) is 1.58. The lowest BCUT2D eigenvalue weighted by Gasteiger charge is -2.17. The number of carbonyl (C=O) groups excluding carboxylic acids is 2. The van der Waals surface area contributed by atoms with Crippen LogP contribution in [-0.2, 0) is 9.59 Å². The third-order valence-electron chi connectivity index (χ3n) is 2.73. The quantitative estimate of drug-likeness (QED) is 0.359.